The zero-order valence-electron chi connectivity index (χ0n) is 14.8. The molecule has 0 atom stereocenters. The average Bonchev–Trinajstić information content (AvgIpc) is 2.59. The van der Waals surface area contributed by atoms with E-state index in [1.165, 1.54) is 18.4 Å². The van der Waals surface area contributed by atoms with E-state index in [1.807, 2.05) is 19.2 Å². The van der Waals surface area contributed by atoms with Crippen LogP contribution in [-0.4, -0.2) is 51.8 Å². The number of methoxy groups -OCH3 is 2. The summed E-state index contributed by atoms with van der Waals surface area (Å²) in [5, 5.41) is 3.47. The second kappa shape index (κ2) is 8.65. The van der Waals surface area contributed by atoms with Crippen LogP contribution in [0.3, 0.4) is 0 Å². The summed E-state index contributed by atoms with van der Waals surface area (Å²) in [5.74, 6) is 3.38. The Balaban J connectivity index is 1.86. The fourth-order valence-electron chi connectivity index (χ4n) is 2.91. The van der Waals surface area contributed by atoms with E-state index < -0.39 is 0 Å². The molecular weight excluding hydrogens is 290 g/mol. The number of guanidine groups is 1. The molecule has 1 aromatic carbocycles. The summed E-state index contributed by atoms with van der Waals surface area (Å²) in [6.45, 7) is 5.37. The van der Waals surface area contributed by atoms with Crippen molar-refractivity contribution in [3.8, 4) is 11.5 Å². The fourth-order valence-corrected chi connectivity index (χ4v) is 2.91. The highest BCUT2D eigenvalue weighted by Gasteiger charge is 2.18. The van der Waals surface area contributed by atoms with Crippen LogP contribution in [0.2, 0.25) is 0 Å². The van der Waals surface area contributed by atoms with Crippen molar-refractivity contribution in [2.75, 3.05) is 40.9 Å². The van der Waals surface area contributed by atoms with Crippen molar-refractivity contribution in [2.24, 2.45) is 10.9 Å². The Hall–Kier alpha value is -1.91. The predicted molar refractivity (Wildman–Crippen MR) is 94.6 cm³/mol. The number of piperidine rings is 1. The Labute approximate surface area is 139 Å². The van der Waals surface area contributed by atoms with Gasteiger partial charge in [0.05, 0.1) is 14.2 Å². The first-order valence-electron chi connectivity index (χ1n) is 8.34. The molecule has 0 saturated carbocycles. The van der Waals surface area contributed by atoms with Gasteiger partial charge in [0.2, 0.25) is 0 Å². The Kier molecular flexibility index (Phi) is 6.56. The number of benzene rings is 1. The van der Waals surface area contributed by atoms with Gasteiger partial charge in [0.25, 0.3) is 0 Å². The topological polar surface area (TPSA) is 46.1 Å². The van der Waals surface area contributed by atoms with E-state index in [1.54, 1.807) is 14.2 Å². The molecule has 0 amide bonds. The van der Waals surface area contributed by atoms with Gasteiger partial charge in [-0.2, -0.15) is 0 Å². The zero-order chi connectivity index (χ0) is 16.7. The Morgan fingerprint density at radius 3 is 2.52 bits per heavy atom. The molecule has 1 N–H and O–H groups in total. The van der Waals surface area contributed by atoms with Gasteiger partial charge in [-0.25, -0.2) is 0 Å². The van der Waals surface area contributed by atoms with Crippen LogP contribution >= 0.6 is 0 Å². The van der Waals surface area contributed by atoms with E-state index in [0.29, 0.717) is 0 Å². The van der Waals surface area contributed by atoms with E-state index in [9.17, 15) is 0 Å². The van der Waals surface area contributed by atoms with Crippen LogP contribution in [0.15, 0.2) is 23.2 Å². The summed E-state index contributed by atoms with van der Waals surface area (Å²) in [7, 11) is 5.18. The highest BCUT2D eigenvalue weighted by Crippen LogP contribution is 2.27. The first kappa shape index (κ1) is 17.4. The summed E-state index contributed by atoms with van der Waals surface area (Å²) in [6.07, 6.45) is 3.41. The lowest BCUT2D eigenvalue weighted by Gasteiger charge is -2.32. The minimum Gasteiger partial charge on any atom is -0.493 e. The van der Waals surface area contributed by atoms with Crippen LogP contribution < -0.4 is 14.8 Å². The third-order valence-electron chi connectivity index (χ3n) is 4.44. The molecule has 0 radical (unpaired) electrons. The Morgan fingerprint density at radius 2 is 1.91 bits per heavy atom. The SMILES string of the molecule is CN=C(NCCc1ccc(OC)c(OC)c1)N1CCC(C)CC1. The molecule has 0 unspecified atom stereocenters. The number of nitrogens with zero attached hydrogens (tertiary/aromatic N) is 2. The van der Waals surface area contributed by atoms with E-state index in [-0.39, 0.29) is 0 Å². The van der Waals surface area contributed by atoms with Gasteiger partial charge in [0.15, 0.2) is 17.5 Å². The van der Waals surface area contributed by atoms with Crippen molar-refractivity contribution in [3.63, 3.8) is 0 Å². The molecule has 5 heteroatoms. The van der Waals surface area contributed by atoms with Gasteiger partial charge in [-0.05, 0) is 42.9 Å². The zero-order valence-corrected chi connectivity index (χ0v) is 14.8. The molecule has 0 aliphatic carbocycles. The molecule has 0 spiro atoms. The molecule has 1 fully saturated rings. The van der Waals surface area contributed by atoms with Gasteiger partial charge in [-0.15, -0.1) is 0 Å². The quantitative estimate of drug-likeness (QED) is 0.669. The van der Waals surface area contributed by atoms with Gasteiger partial charge < -0.3 is 19.7 Å². The molecule has 2 rings (SSSR count). The van der Waals surface area contributed by atoms with Gasteiger partial charge in [-0.1, -0.05) is 13.0 Å². The van der Waals surface area contributed by atoms with Crippen LogP contribution in [0.1, 0.15) is 25.3 Å². The molecule has 0 bridgehead atoms. The summed E-state index contributed by atoms with van der Waals surface area (Å²) >= 11 is 0. The standard InChI is InChI=1S/C18H29N3O2/c1-14-8-11-21(12-9-14)18(19-2)20-10-7-15-5-6-16(22-3)17(13-15)23-4/h5-6,13-14H,7-12H2,1-4H3,(H,19,20). The number of likely N-dealkylation sites (tertiary alicyclic amines) is 1. The lowest BCUT2D eigenvalue weighted by molar-refractivity contribution is 0.273. The second-order valence-electron chi connectivity index (χ2n) is 6.08. The number of nitrogens with one attached hydrogen (secondary N) is 1. The van der Waals surface area contributed by atoms with Crippen LogP contribution in [-0.2, 0) is 6.42 Å². The minimum absolute atomic E-state index is 0.766. The number of aliphatic imine (C=N–C) groups is 1. The van der Waals surface area contributed by atoms with E-state index >= 15 is 0 Å². The predicted octanol–water partition coefficient (Wildman–Crippen LogP) is 2.55. The summed E-state index contributed by atoms with van der Waals surface area (Å²) in [5.41, 5.74) is 1.22. The number of hydrogen-bond acceptors (Lipinski definition) is 3. The number of rotatable bonds is 5. The monoisotopic (exact) mass is 319 g/mol. The molecule has 23 heavy (non-hydrogen) atoms. The number of ether oxygens (including phenoxy) is 2. The fraction of sp³-hybridized carbons (Fsp3) is 0.611. The lowest BCUT2D eigenvalue weighted by atomic mass is 9.99. The lowest BCUT2D eigenvalue weighted by Crippen LogP contribution is -2.45. The molecule has 1 aromatic rings. The van der Waals surface area contributed by atoms with Gasteiger partial charge in [0, 0.05) is 26.7 Å². The van der Waals surface area contributed by atoms with Crippen molar-refractivity contribution in [1.82, 2.24) is 10.2 Å². The summed E-state index contributed by atoms with van der Waals surface area (Å²) in [6, 6.07) is 6.06. The Bertz CT molecular complexity index is 523. The molecule has 128 valence electrons. The second-order valence-corrected chi connectivity index (χ2v) is 6.08. The van der Waals surface area contributed by atoms with E-state index in [4.69, 9.17) is 9.47 Å². The van der Waals surface area contributed by atoms with Crippen molar-refractivity contribution in [2.45, 2.75) is 26.2 Å². The molecule has 1 aliphatic heterocycles. The maximum Gasteiger partial charge on any atom is 0.193 e. The van der Waals surface area contributed by atoms with E-state index in [0.717, 1.165) is 49.4 Å². The normalized spacial score (nSPS) is 16.3. The third-order valence-corrected chi connectivity index (χ3v) is 4.44. The largest absolute Gasteiger partial charge is 0.493 e. The molecule has 1 heterocycles. The first-order valence-corrected chi connectivity index (χ1v) is 8.34. The molecular formula is C18H29N3O2. The molecule has 5 nitrogen and oxygen atoms in total. The first-order chi connectivity index (χ1) is 11.2. The average molecular weight is 319 g/mol. The third kappa shape index (κ3) is 4.78. The van der Waals surface area contributed by atoms with Crippen LogP contribution in [0.5, 0.6) is 11.5 Å². The van der Waals surface area contributed by atoms with Crippen molar-refractivity contribution in [1.29, 1.82) is 0 Å². The highest BCUT2D eigenvalue weighted by atomic mass is 16.5. The molecule has 1 aliphatic rings. The smallest absolute Gasteiger partial charge is 0.193 e. The Morgan fingerprint density at radius 1 is 1.22 bits per heavy atom. The number of hydrogen-bond donors (Lipinski definition) is 1. The highest BCUT2D eigenvalue weighted by molar-refractivity contribution is 5.79. The summed E-state index contributed by atoms with van der Waals surface area (Å²) < 4.78 is 10.6. The van der Waals surface area contributed by atoms with Crippen LogP contribution in [0.4, 0.5) is 0 Å². The van der Waals surface area contributed by atoms with Crippen LogP contribution in [0, 0.1) is 5.92 Å². The van der Waals surface area contributed by atoms with Gasteiger partial charge >= 0.3 is 0 Å². The van der Waals surface area contributed by atoms with Crippen molar-refractivity contribution < 1.29 is 9.47 Å². The van der Waals surface area contributed by atoms with E-state index in [2.05, 4.69) is 28.2 Å². The van der Waals surface area contributed by atoms with Gasteiger partial charge in [-0.3, -0.25) is 4.99 Å². The maximum absolute atomic E-state index is 5.35. The molecule has 0 aromatic heterocycles. The van der Waals surface area contributed by atoms with Crippen molar-refractivity contribution in [3.05, 3.63) is 23.8 Å². The minimum atomic E-state index is 0.766. The van der Waals surface area contributed by atoms with Crippen molar-refractivity contribution >= 4 is 5.96 Å². The molecule has 1 saturated heterocycles. The summed E-state index contributed by atoms with van der Waals surface area (Å²) in [4.78, 5) is 6.77. The maximum atomic E-state index is 5.35. The van der Waals surface area contributed by atoms with Gasteiger partial charge in [0.1, 0.15) is 0 Å². The van der Waals surface area contributed by atoms with Crippen LogP contribution in [0.25, 0.3) is 0 Å².